The lowest BCUT2D eigenvalue weighted by molar-refractivity contribution is 0.275. The molecule has 2 rings (SSSR count). The summed E-state index contributed by atoms with van der Waals surface area (Å²) in [6.45, 7) is 4.52. The smallest absolute Gasteiger partial charge is 0.0630 e. The number of alkyl halides is 1. The van der Waals surface area contributed by atoms with Crippen molar-refractivity contribution in [3.05, 3.63) is 18.0 Å². The first-order valence-electron chi connectivity index (χ1n) is 8.33. The Morgan fingerprint density at radius 3 is 2.70 bits per heavy atom. The van der Waals surface area contributed by atoms with Crippen LogP contribution in [0.5, 0.6) is 0 Å². The molecule has 1 aromatic heterocycles. The van der Waals surface area contributed by atoms with E-state index in [0.717, 1.165) is 18.7 Å². The van der Waals surface area contributed by atoms with E-state index in [0.29, 0.717) is 6.04 Å². The minimum atomic E-state index is 0.242. The fourth-order valence-electron chi connectivity index (χ4n) is 3.38. The predicted octanol–water partition coefficient (Wildman–Crippen LogP) is 5.37. The molecule has 20 heavy (non-hydrogen) atoms. The normalized spacial score (nSPS) is 19.4. The second kappa shape index (κ2) is 7.49. The number of nitrogens with zero attached hydrogens (tertiary/aromatic N) is 2. The lowest BCUT2D eigenvalue weighted by atomic mass is 9.78. The van der Waals surface area contributed by atoms with Crippen molar-refractivity contribution in [1.82, 2.24) is 9.78 Å². The van der Waals surface area contributed by atoms with E-state index < -0.39 is 0 Å². The summed E-state index contributed by atoms with van der Waals surface area (Å²) in [5.74, 6) is 0.750. The second-order valence-electron chi connectivity index (χ2n) is 6.49. The third-order valence-electron chi connectivity index (χ3n) is 5.01. The van der Waals surface area contributed by atoms with Gasteiger partial charge in [0.05, 0.1) is 11.7 Å². The molecule has 1 unspecified atom stereocenters. The van der Waals surface area contributed by atoms with Gasteiger partial charge in [-0.1, -0.05) is 39.5 Å². The van der Waals surface area contributed by atoms with Crippen LogP contribution < -0.4 is 0 Å². The van der Waals surface area contributed by atoms with Crippen LogP contribution in [-0.4, -0.2) is 15.7 Å². The van der Waals surface area contributed by atoms with Crippen LogP contribution in [0.4, 0.5) is 0 Å². The zero-order valence-corrected chi connectivity index (χ0v) is 13.8. The Balaban J connectivity index is 2.02. The van der Waals surface area contributed by atoms with E-state index in [4.69, 9.17) is 16.7 Å². The summed E-state index contributed by atoms with van der Waals surface area (Å²) in [6.07, 6.45) is 13.4. The molecule has 3 heteroatoms. The summed E-state index contributed by atoms with van der Waals surface area (Å²) >= 11 is 6.31. The fourth-order valence-corrected chi connectivity index (χ4v) is 3.80. The molecule has 0 bridgehead atoms. The van der Waals surface area contributed by atoms with Gasteiger partial charge in [-0.2, -0.15) is 5.10 Å². The van der Waals surface area contributed by atoms with Gasteiger partial charge in [0.25, 0.3) is 0 Å². The number of hydrogen-bond donors (Lipinski definition) is 0. The van der Waals surface area contributed by atoms with Crippen molar-refractivity contribution in [2.75, 3.05) is 5.88 Å². The number of aromatic nitrogens is 2. The Bertz CT molecular complexity index is 389. The van der Waals surface area contributed by atoms with Crippen molar-refractivity contribution in [3.63, 3.8) is 0 Å². The van der Waals surface area contributed by atoms with Gasteiger partial charge < -0.3 is 0 Å². The highest BCUT2D eigenvalue weighted by atomic mass is 35.5. The van der Waals surface area contributed by atoms with E-state index in [1.165, 1.54) is 50.6 Å². The minimum Gasteiger partial charge on any atom is -0.269 e. The van der Waals surface area contributed by atoms with Gasteiger partial charge in [0, 0.05) is 12.1 Å². The zero-order valence-electron chi connectivity index (χ0n) is 13.1. The molecule has 1 aromatic rings. The molecular weight excluding hydrogens is 268 g/mol. The van der Waals surface area contributed by atoms with E-state index in [-0.39, 0.29) is 5.41 Å². The molecule has 0 saturated heterocycles. The molecule has 0 aromatic carbocycles. The summed E-state index contributed by atoms with van der Waals surface area (Å²) < 4.78 is 2.21. The summed E-state index contributed by atoms with van der Waals surface area (Å²) in [5.41, 5.74) is 1.47. The Morgan fingerprint density at radius 2 is 2.10 bits per heavy atom. The Hall–Kier alpha value is -0.500. The van der Waals surface area contributed by atoms with E-state index in [1.807, 2.05) is 0 Å². The standard InChI is InChI=1S/C17H29ClN2/c1-3-5-11-17(4-2,14-18)13-15-10-12-20(19-15)16-8-6-7-9-16/h10,12,16H,3-9,11,13-14H2,1-2H3. The molecule has 1 atom stereocenters. The highest BCUT2D eigenvalue weighted by molar-refractivity contribution is 6.18. The first-order valence-corrected chi connectivity index (χ1v) is 8.86. The molecule has 1 fully saturated rings. The molecule has 114 valence electrons. The number of halogens is 1. The fraction of sp³-hybridized carbons (Fsp3) is 0.824. The van der Waals surface area contributed by atoms with Crippen molar-refractivity contribution in [2.45, 2.75) is 77.7 Å². The van der Waals surface area contributed by atoms with E-state index in [2.05, 4.69) is 30.8 Å². The molecule has 1 saturated carbocycles. The summed E-state index contributed by atoms with van der Waals surface area (Å²) in [7, 11) is 0. The van der Waals surface area contributed by atoms with Crippen LogP contribution in [-0.2, 0) is 6.42 Å². The van der Waals surface area contributed by atoms with E-state index in [1.54, 1.807) is 0 Å². The average molecular weight is 297 g/mol. The van der Waals surface area contributed by atoms with Crippen molar-refractivity contribution >= 4 is 11.6 Å². The van der Waals surface area contributed by atoms with Crippen molar-refractivity contribution in [1.29, 1.82) is 0 Å². The maximum absolute atomic E-state index is 6.31. The third kappa shape index (κ3) is 3.78. The third-order valence-corrected chi connectivity index (χ3v) is 5.58. The Morgan fingerprint density at radius 1 is 1.35 bits per heavy atom. The topological polar surface area (TPSA) is 17.8 Å². The van der Waals surface area contributed by atoms with Crippen LogP contribution in [0.3, 0.4) is 0 Å². The SMILES string of the molecule is CCCCC(CC)(CCl)Cc1ccn(C2CCCC2)n1. The van der Waals surface area contributed by atoms with Crippen LogP contribution in [0.1, 0.15) is 76.9 Å². The summed E-state index contributed by atoms with van der Waals surface area (Å²) in [4.78, 5) is 0. The van der Waals surface area contributed by atoms with Crippen LogP contribution >= 0.6 is 11.6 Å². The van der Waals surface area contributed by atoms with Crippen LogP contribution in [0.25, 0.3) is 0 Å². The maximum atomic E-state index is 6.31. The van der Waals surface area contributed by atoms with Crippen LogP contribution in [0.15, 0.2) is 12.3 Å². The van der Waals surface area contributed by atoms with E-state index in [9.17, 15) is 0 Å². The maximum Gasteiger partial charge on any atom is 0.0630 e. The highest BCUT2D eigenvalue weighted by Gasteiger charge is 2.28. The van der Waals surface area contributed by atoms with Crippen molar-refractivity contribution in [3.8, 4) is 0 Å². The van der Waals surface area contributed by atoms with Gasteiger partial charge in [0.15, 0.2) is 0 Å². The molecular formula is C17H29ClN2. The zero-order chi connectivity index (χ0) is 14.4. The first-order chi connectivity index (χ1) is 9.73. The summed E-state index contributed by atoms with van der Waals surface area (Å²) in [5, 5.41) is 4.84. The van der Waals surface area contributed by atoms with Gasteiger partial charge in [0.1, 0.15) is 0 Å². The Kier molecular flexibility index (Phi) is 5.95. The molecule has 0 amide bonds. The van der Waals surface area contributed by atoms with Gasteiger partial charge in [-0.05, 0) is 43.6 Å². The second-order valence-corrected chi connectivity index (χ2v) is 6.76. The molecule has 0 N–H and O–H groups in total. The predicted molar refractivity (Wildman–Crippen MR) is 86.4 cm³/mol. The average Bonchev–Trinajstić information content (AvgIpc) is 3.14. The minimum absolute atomic E-state index is 0.242. The quantitative estimate of drug-likeness (QED) is 0.590. The van der Waals surface area contributed by atoms with Crippen LogP contribution in [0.2, 0.25) is 0 Å². The summed E-state index contributed by atoms with van der Waals surface area (Å²) in [6, 6.07) is 2.85. The van der Waals surface area contributed by atoms with Crippen molar-refractivity contribution in [2.24, 2.45) is 5.41 Å². The molecule has 1 aliphatic rings. The molecule has 1 aliphatic carbocycles. The molecule has 1 heterocycles. The van der Waals surface area contributed by atoms with Crippen LogP contribution in [0, 0.1) is 5.41 Å². The number of hydrogen-bond acceptors (Lipinski definition) is 1. The van der Waals surface area contributed by atoms with Crippen molar-refractivity contribution < 1.29 is 0 Å². The molecule has 0 radical (unpaired) electrons. The Labute approximate surface area is 128 Å². The number of unbranched alkanes of at least 4 members (excludes halogenated alkanes) is 1. The van der Waals surface area contributed by atoms with Gasteiger partial charge in [-0.15, -0.1) is 11.6 Å². The molecule has 2 nitrogen and oxygen atoms in total. The lowest BCUT2D eigenvalue weighted by Crippen LogP contribution is -2.25. The van der Waals surface area contributed by atoms with Gasteiger partial charge >= 0.3 is 0 Å². The first kappa shape index (κ1) is 15.9. The largest absolute Gasteiger partial charge is 0.269 e. The van der Waals surface area contributed by atoms with Gasteiger partial charge in [-0.25, -0.2) is 0 Å². The monoisotopic (exact) mass is 296 g/mol. The van der Waals surface area contributed by atoms with Gasteiger partial charge in [-0.3, -0.25) is 4.68 Å². The lowest BCUT2D eigenvalue weighted by Gasteiger charge is -2.30. The van der Waals surface area contributed by atoms with Gasteiger partial charge in [0.2, 0.25) is 0 Å². The van der Waals surface area contributed by atoms with E-state index >= 15 is 0 Å². The molecule has 0 aliphatic heterocycles. The highest BCUT2D eigenvalue weighted by Crippen LogP contribution is 2.35. The molecule has 0 spiro atoms. The number of rotatable bonds is 8.